The van der Waals surface area contributed by atoms with Gasteiger partial charge in [-0.2, -0.15) is 0 Å². The van der Waals surface area contributed by atoms with Gasteiger partial charge in [-0.25, -0.2) is 0 Å². The second-order valence-electron chi connectivity index (χ2n) is 9.70. The number of amides is 2. The summed E-state index contributed by atoms with van der Waals surface area (Å²) in [5, 5.41) is 15.2. The number of phenols is 1. The highest BCUT2D eigenvalue weighted by Crippen LogP contribution is 2.21. The van der Waals surface area contributed by atoms with E-state index in [-0.39, 0.29) is 36.0 Å². The first-order valence-corrected chi connectivity index (χ1v) is 12.8. The Morgan fingerprint density at radius 3 is 2.33 bits per heavy atom. The van der Waals surface area contributed by atoms with Gasteiger partial charge in [0.2, 0.25) is 11.8 Å². The second kappa shape index (κ2) is 16.7. The molecule has 0 radical (unpaired) electrons. The van der Waals surface area contributed by atoms with Crippen LogP contribution >= 0.6 is 0 Å². The van der Waals surface area contributed by atoms with Gasteiger partial charge in [0.1, 0.15) is 18.1 Å². The first-order chi connectivity index (χ1) is 17.1. The van der Waals surface area contributed by atoms with Gasteiger partial charge in [-0.15, -0.1) is 0 Å². The fourth-order valence-electron chi connectivity index (χ4n) is 4.09. The van der Waals surface area contributed by atoms with Crippen molar-refractivity contribution in [2.75, 3.05) is 7.11 Å². The third kappa shape index (κ3) is 10.8. The molecule has 200 valence electrons. The van der Waals surface area contributed by atoms with Gasteiger partial charge in [-0.1, -0.05) is 77.5 Å². The molecule has 3 N–H and O–H groups in total. The van der Waals surface area contributed by atoms with Gasteiger partial charge in [0.05, 0.1) is 18.1 Å². The molecule has 0 aromatic heterocycles. The Balaban J connectivity index is 2.79. The molecule has 7 heteroatoms. The first-order valence-electron chi connectivity index (χ1n) is 12.8. The topological polar surface area (TPSA) is 105 Å². The highest BCUT2D eigenvalue weighted by molar-refractivity contribution is 5.90. The molecule has 1 unspecified atom stereocenters. The van der Waals surface area contributed by atoms with Gasteiger partial charge in [-0.05, 0) is 48.8 Å². The molecule has 0 aliphatic heterocycles. The van der Waals surface area contributed by atoms with E-state index in [4.69, 9.17) is 4.74 Å². The maximum absolute atomic E-state index is 13.1. The number of ether oxygens (including phenoxy) is 1. The number of hydrogen-bond donors (Lipinski definition) is 3. The smallest absolute Gasteiger partial charge is 0.243 e. The average molecular weight is 501 g/mol. The number of benzene rings is 1. The number of unbranched alkanes of at least 4 members (excludes halogenated alkanes) is 1. The van der Waals surface area contributed by atoms with Crippen LogP contribution in [0.3, 0.4) is 0 Å². The van der Waals surface area contributed by atoms with Crippen LogP contribution in [0, 0.1) is 17.8 Å². The Bertz CT molecular complexity index is 880. The number of aromatic hydroxyl groups is 1. The third-order valence-corrected chi connectivity index (χ3v) is 6.19. The number of allylic oxidation sites excluding steroid dienone is 4. The Labute approximate surface area is 216 Å². The zero-order valence-electron chi connectivity index (χ0n) is 22.6. The van der Waals surface area contributed by atoms with Crippen molar-refractivity contribution in [1.82, 2.24) is 10.6 Å². The van der Waals surface area contributed by atoms with Gasteiger partial charge in [0.25, 0.3) is 0 Å². The number of hydrogen-bond acceptors (Lipinski definition) is 5. The van der Waals surface area contributed by atoms with Crippen LogP contribution < -0.4 is 10.6 Å². The van der Waals surface area contributed by atoms with Crippen LogP contribution in [-0.2, 0) is 25.5 Å². The molecule has 2 amide bonds. The van der Waals surface area contributed by atoms with Crippen molar-refractivity contribution in [1.29, 1.82) is 0 Å². The maximum atomic E-state index is 13.1. The molecule has 0 saturated heterocycles. The van der Waals surface area contributed by atoms with Crippen LogP contribution in [0.4, 0.5) is 0 Å². The van der Waals surface area contributed by atoms with Gasteiger partial charge >= 0.3 is 0 Å². The average Bonchev–Trinajstić information content (AvgIpc) is 2.84. The summed E-state index contributed by atoms with van der Waals surface area (Å²) in [7, 11) is 1.60. The summed E-state index contributed by atoms with van der Waals surface area (Å²) >= 11 is 0. The SMILES string of the molecule is CCC/C=C/C=C/C[C@H](C)[C@@H](OC)[C@@H](C)C(=O)NC(C(=O)N[C@H](C=O)Cc1cccc(O)c1)C(C)C. The molecule has 1 rings (SSSR count). The van der Waals surface area contributed by atoms with E-state index in [0.29, 0.717) is 6.29 Å². The fraction of sp³-hybridized carbons (Fsp3) is 0.552. The predicted molar refractivity (Wildman–Crippen MR) is 144 cm³/mol. The van der Waals surface area contributed by atoms with E-state index < -0.39 is 23.9 Å². The quantitative estimate of drug-likeness (QED) is 0.231. The van der Waals surface area contributed by atoms with Crippen LogP contribution in [0.25, 0.3) is 0 Å². The normalized spacial score (nSPS) is 16.0. The van der Waals surface area contributed by atoms with E-state index in [1.807, 2.05) is 32.9 Å². The number of nitrogens with one attached hydrogen (secondary N) is 2. The van der Waals surface area contributed by atoms with Gasteiger partial charge in [0, 0.05) is 7.11 Å². The van der Waals surface area contributed by atoms with E-state index >= 15 is 0 Å². The Kier molecular flexibility index (Phi) is 14.4. The van der Waals surface area contributed by atoms with Crippen LogP contribution in [0.5, 0.6) is 5.75 Å². The molecule has 0 heterocycles. The predicted octanol–water partition coefficient (Wildman–Crippen LogP) is 4.35. The van der Waals surface area contributed by atoms with Crippen LogP contribution in [0.1, 0.15) is 59.4 Å². The molecule has 0 spiro atoms. The second-order valence-corrected chi connectivity index (χ2v) is 9.70. The molecule has 7 nitrogen and oxygen atoms in total. The molecule has 1 aromatic rings. The number of methoxy groups -OCH3 is 1. The number of carbonyl (C=O) groups excluding carboxylic acids is 3. The lowest BCUT2D eigenvalue weighted by Gasteiger charge is -2.30. The van der Waals surface area contributed by atoms with Gasteiger partial charge < -0.3 is 25.3 Å². The Morgan fingerprint density at radius 2 is 1.75 bits per heavy atom. The first kappa shape index (κ1) is 31.1. The van der Waals surface area contributed by atoms with E-state index in [2.05, 4.69) is 29.7 Å². The van der Waals surface area contributed by atoms with E-state index in [1.54, 1.807) is 38.3 Å². The molecular formula is C29H44N2O5. The minimum absolute atomic E-state index is 0.0927. The van der Waals surface area contributed by atoms with Gasteiger partial charge in [-0.3, -0.25) is 9.59 Å². The lowest BCUT2D eigenvalue weighted by molar-refractivity contribution is -0.136. The molecular weight excluding hydrogens is 456 g/mol. The van der Waals surface area contributed by atoms with Crippen molar-refractivity contribution in [2.24, 2.45) is 17.8 Å². The van der Waals surface area contributed by atoms with Crippen molar-refractivity contribution in [3.05, 3.63) is 54.1 Å². The number of phenolic OH excluding ortho intramolecular Hbond substituents is 1. The summed E-state index contributed by atoms with van der Waals surface area (Å²) in [6.07, 6.45) is 11.8. The molecule has 0 bridgehead atoms. The van der Waals surface area contributed by atoms with Crippen molar-refractivity contribution in [2.45, 2.75) is 78.5 Å². The monoisotopic (exact) mass is 500 g/mol. The van der Waals surface area contributed by atoms with Gasteiger partial charge in [0.15, 0.2) is 0 Å². The van der Waals surface area contributed by atoms with Crippen molar-refractivity contribution in [3.63, 3.8) is 0 Å². The standard InChI is InChI=1S/C29H44N2O5/c1-7-8-9-10-11-12-14-21(4)27(36-6)22(5)28(34)31-26(20(2)3)29(35)30-24(19-32)17-23-15-13-16-25(33)18-23/h9-13,15-16,18-22,24,26-27,33H,7-8,14,17H2,1-6H3,(H,30,35)(H,31,34)/b10-9+,12-11+/t21-,22+,24-,26?,27+/m0/s1. The summed E-state index contributed by atoms with van der Waals surface area (Å²) in [5.41, 5.74) is 0.720. The lowest BCUT2D eigenvalue weighted by Crippen LogP contribution is -2.54. The van der Waals surface area contributed by atoms with Crippen LogP contribution in [-0.4, -0.2) is 48.5 Å². The molecule has 0 aliphatic carbocycles. The van der Waals surface area contributed by atoms with Crippen molar-refractivity contribution >= 4 is 18.1 Å². The molecule has 0 fully saturated rings. The highest BCUT2D eigenvalue weighted by Gasteiger charge is 2.32. The largest absolute Gasteiger partial charge is 0.508 e. The van der Waals surface area contributed by atoms with E-state index in [0.717, 1.165) is 24.8 Å². The molecule has 0 aliphatic rings. The Morgan fingerprint density at radius 1 is 1.06 bits per heavy atom. The minimum atomic E-state index is -0.803. The zero-order valence-corrected chi connectivity index (χ0v) is 22.6. The zero-order chi connectivity index (χ0) is 27.1. The van der Waals surface area contributed by atoms with Crippen molar-refractivity contribution < 1.29 is 24.2 Å². The molecule has 1 aromatic carbocycles. The molecule has 0 saturated carbocycles. The molecule has 5 atom stereocenters. The van der Waals surface area contributed by atoms with Crippen LogP contribution in [0.2, 0.25) is 0 Å². The van der Waals surface area contributed by atoms with E-state index in [1.165, 1.54) is 0 Å². The summed E-state index contributed by atoms with van der Waals surface area (Å²) in [5.74, 6) is -1.17. The van der Waals surface area contributed by atoms with E-state index in [9.17, 15) is 19.5 Å². The van der Waals surface area contributed by atoms with Crippen molar-refractivity contribution in [3.8, 4) is 5.75 Å². The summed E-state index contributed by atoms with van der Waals surface area (Å²) in [4.78, 5) is 37.7. The number of rotatable bonds is 16. The fourth-order valence-corrected chi connectivity index (χ4v) is 4.09. The summed E-state index contributed by atoms with van der Waals surface area (Å²) in [6.45, 7) is 9.66. The molecule has 36 heavy (non-hydrogen) atoms. The highest BCUT2D eigenvalue weighted by atomic mass is 16.5. The number of carbonyl (C=O) groups is 3. The third-order valence-electron chi connectivity index (χ3n) is 6.19. The van der Waals surface area contributed by atoms with Crippen LogP contribution in [0.15, 0.2) is 48.6 Å². The number of aldehydes is 1. The minimum Gasteiger partial charge on any atom is -0.508 e. The maximum Gasteiger partial charge on any atom is 0.243 e. The lowest BCUT2D eigenvalue weighted by atomic mass is 9.89. The summed E-state index contributed by atoms with van der Waals surface area (Å²) < 4.78 is 5.67. The Hall–Kier alpha value is -2.93. The summed E-state index contributed by atoms with van der Waals surface area (Å²) in [6, 6.07) is 4.96.